The molecule has 0 aliphatic heterocycles. The van der Waals surface area contributed by atoms with Crippen LogP contribution in [0.3, 0.4) is 0 Å². The summed E-state index contributed by atoms with van der Waals surface area (Å²) in [5, 5.41) is 3.41. The molecule has 1 N–H and O–H groups in total. The minimum absolute atomic E-state index is 0.892. The molecule has 0 saturated heterocycles. The lowest BCUT2D eigenvalue weighted by Gasteiger charge is -2.09. The van der Waals surface area contributed by atoms with Crippen molar-refractivity contribution in [2.45, 2.75) is 0 Å². The van der Waals surface area contributed by atoms with Crippen molar-refractivity contribution in [3.05, 3.63) is 85.1 Å². The third-order valence-corrected chi connectivity index (χ3v) is 4.46. The molecular formula is C22H15N3. The number of pyridine rings is 2. The van der Waals surface area contributed by atoms with Crippen molar-refractivity contribution in [1.82, 2.24) is 15.0 Å². The number of aromatic nitrogens is 3. The molecule has 0 amide bonds. The summed E-state index contributed by atoms with van der Waals surface area (Å²) in [5.41, 5.74) is 4.72. The van der Waals surface area contributed by atoms with Gasteiger partial charge in [-0.2, -0.15) is 0 Å². The highest BCUT2D eigenvalue weighted by Gasteiger charge is 2.11. The molecule has 3 heteroatoms. The summed E-state index contributed by atoms with van der Waals surface area (Å²) in [5.74, 6) is 0. The van der Waals surface area contributed by atoms with Crippen LogP contribution in [0.1, 0.15) is 0 Å². The van der Waals surface area contributed by atoms with Crippen molar-refractivity contribution < 1.29 is 0 Å². The Morgan fingerprint density at radius 2 is 1.48 bits per heavy atom. The standard InChI is InChI=1S/C22H15N3/c1-3-8-17-16(7-1)14-21(19-10-5-13-23-19)25-22(17)20-12-11-15-6-2-4-9-18(15)24-20/h1-14,23H. The lowest BCUT2D eigenvalue weighted by Crippen LogP contribution is -1.93. The van der Waals surface area contributed by atoms with Gasteiger partial charge < -0.3 is 4.98 Å². The quantitative estimate of drug-likeness (QED) is 0.470. The highest BCUT2D eigenvalue weighted by molar-refractivity contribution is 5.97. The van der Waals surface area contributed by atoms with Crippen LogP contribution in [-0.4, -0.2) is 15.0 Å². The van der Waals surface area contributed by atoms with Gasteiger partial charge >= 0.3 is 0 Å². The summed E-state index contributed by atoms with van der Waals surface area (Å²) < 4.78 is 0. The number of hydrogen-bond acceptors (Lipinski definition) is 2. The fraction of sp³-hybridized carbons (Fsp3) is 0. The molecule has 0 aliphatic rings. The van der Waals surface area contributed by atoms with Crippen LogP contribution in [0, 0.1) is 0 Å². The smallest absolute Gasteiger partial charge is 0.0972 e. The van der Waals surface area contributed by atoms with Gasteiger partial charge in [-0.1, -0.05) is 48.5 Å². The number of nitrogens with zero attached hydrogens (tertiary/aromatic N) is 2. The zero-order valence-corrected chi connectivity index (χ0v) is 13.5. The van der Waals surface area contributed by atoms with Gasteiger partial charge in [0.1, 0.15) is 0 Å². The highest BCUT2D eigenvalue weighted by atomic mass is 14.8. The number of H-pyrrole nitrogens is 1. The van der Waals surface area contributed by atoms with Gasteiger partial charge in [-0.3, -0.25) is 0 Å². The first kappa shape index (κ1) is 13.9. The van der Waals surface area contributed by atoms with E-state index in [1.807, 2.05) is 42.6 Å². The van der Waals surface area contributed by atoms with E-state index in [0.717, 1.165) is 44.5 Å². The molecule has 0 aliphatic carbocycles. The van der Waals surface area contributed by atoms with E-state index < -0.39 is 0 Å². The lowest BCUT2D eigenvalue weighted by molar-refractivity contribution is 1.27. The molecule has 3 nitrogen and oxygen atoms in total. The molecule has 0 bridgehead atoms. The van der Waals surface area contributed by atoms with Crippen molar-refractivity contribution in [3.8, 4) is 22.8 Å². The molecule has 0 spiro atoms. The Morgan fingerprint density at radius 3 is 2.36 bits per heavy atom. The molecule has 5 rings (SSSR count). The zero-order valence-electron chi connectivity index (χ0n) is 13.5. The summed E-state index contributed by atoms with van der Waals surface area (Å²) in [6.07, 6.45) is 1.92. The van der Waals surface area contributed by atoms with E-state index in [1.165, 1.54) is 0 Å². The number of benzene rings is 2. The Morgan fingerprint density at radius 1 is 0.640 bits per heavy atom. The number of nitrogens with one attached hydrogen (secondary N) is 1. The Bertz CT molecular complexity index is 1190. The molecule has 0 fully saturated rings. The van der Waals surface area contributed by atoms with E-state index in [4.69, 9.17) is 9.97 Å². The molecule has 0 unspecified atom stereocenters. The van der Waals surface area contributed by atoms with Crippen LogP contribution in [0.4, 0.5) is 0 Å². The largest absolute Gasteiger partial charge is 0.360 e. The van der Waals surface area contributed by atoms with Crippen LogP contribution in [0.2, 0.25) is 0 Å². The molecule has 3 aromatic heterocycles. The Labute approximate surface area is 145 Å². The summed E-state index contributed by atoms with van der Waals surface area (Å²) in [6, 6.07) is 26.8. The zero-order chi connectivity index (χ0) is 16.6. The van der Waals surface area contributed by atoms with Gasteiger partial charge in [0.25, 0.3) is 0 Å². The SMILES string of the molecule is c1c[nH]c(-c2cc3ccccc3c(-c3ccc4ccccc4n3)n2)c1. The summed E-state index contributed by atoms with van der Waals surface area (Å²) in [4.78, 5) is 13.0. The maximum absolute atomic E-state index is 4.93. The molecule has 0 atom stereocenters. The minimum Gasteiger partial charge on any atom is -0.360 e. The normalized spacial score (nSPS) is 11.2. The molecule has 2 aromatic carbocycles. The van der Waals surface area contributed by atoms with Crippen molar-refractivity contribution in [1.29, 1.82) is 0 Å². The summed E-state index contributed by atoms with van der Waals surface area (Å²) in [6.45, 7) is 0. The third-order valence-electron chi connectivity index (χ3n) is 4.46. The number of rotatable bonds is 2. The molecule has 25 heavy (non-hydrogen) atoms. The van der Waals surface area contributed by atoms with Gasteiger partial charge in [-0.25, -0.2) is 9.97 Å². The predicted octanol–water partition coefficient (Wildman–Crippen LogP) is 5.45. The van der Waals surface area contributed by atoms with Crippen LogP contribution in [0.15, 0.2) is 85.1 Å². The fourth-order valence-corrected chi connectivity index (χ4v) is 3.22. The van der Waals surface area contributed by atoms with Crippen molar-refractivity contribution >= 4 is 21.7 Å². The van der Waals surface area contributed by atoms with Crippen LogP contribution in [-0.2, 0) is 0 Å². The van der Waals surface area contributed by atoms with Crippen molar-refractivity contribution in [2.24, 2.45) is 0 Å². The molecule has 5 aromatic rings. The second-order valence-electron chi connectivity index (χ2n) is 6.05. The maximum atomic E-state index is 4.93. The van der Waals surface area contributed by atoms with Gasteiger partial charge in [-0.05, 0) is 35.7 Å². The second kappa shape index (κ2) is 5.56. The number of para-hydroxylation sites is 1. The minimum atomic E-state index is 0.892. The molecular weight excluding hydrogens is 306 g/mol. The van der Waals surface area contributed by atoms with E-state index in [1.54, 1.807) is 0 Å². The number of fused-ring (bicyclic) bond motifs is 2. The first-order valence-corrected chi connectivity index (χ1v) is 8.28. The Kier molecular flexibility index (Phi) is 3.10. The van der Waals surface area contributed by atoms with Crippen LogP contribution >= 0.6 is 0 Å². The summed E-state index contributed by atoms with van der Waals surface area (Å²) >= 11 is 0. The topological polar surface area (TPSA) is 41.6 Å². The van der Waals surface area contributed by atoms with Crippen LogP contribution in [0.5, 0.6) is 0 Å². The Balaban J connectivity index is 1.81. The van der Waals surface area contributed by atoms with Gasteiger partial charge in [0, 0.05) is 17.0 Å². The van der Waals surface area contributed by atoms with Crippen molar-refractivity contribution in [3.63, 3.8) is 0 Å². The third kappa shape index (κ3) is 2.37. The van der Waals surface area contributed by atoms with E-state index in [0.29, 0.717) is 0 Å². The number of hydrogen-bond donors (Lipinski definition) is 1. The van der Waals surface area contributed by atoms with Gasteiger partial charge in [0.15, 0.2) is 0 Å². The van der Waals surface area contributed by atoms with Crippen LogP contribution in [0.25, 0.3) is 44.5 Å². The average Bonchev–Trinajstić information content (AvgIpc) is 3.21. The molecule has 0 saturated carbocycles. The van der Waals surface area contributed by atoms with Gasteiger partial charge in [0.05, 0.1) is 28.3 Å². The number of aromatic amines is 1. The van der Waals surface area contributed by atoms with Crippen LogP contribution < -0.4 is 0 Å². The van der Waals surface area contributed by atoms with E-state index in [-0.39, 0.29) is 0 Å². The monoisotopic (exact) mass is 321 g/mol. The second-order valence-corrected chi connectivity index (χ2v) is 6.05. The fourth-order valence-electron chi connectivity index (χ4n) is 3.22. The van der Waals surface area contributed by atoms with Gasteiger partial charge in [0.2, 0.25) is 0 Å². The lowest BCUT2D eigenvalue weighted by atomic mass is 10.0. The van der Waals surface area contributed by atoms with E-state index in [9.17, 15) is 0 Å². The van der Waals surface area contributed by atoms with Gasteiger partial charge in [-0.15, -0.1) is 0 Å². The summed E-state index contributed by atoms with van der Waals surface area (Å²) in [7, 11) is 0. The molecule has 3 heterocycles. The molecule has 0 radical (unpaired) electrons. The first-order chi connectivity index (χ1) is 12.4. The predicted molar refractivity (Wildman–Crippen MR) is 102 cm³/mol. The van der Waals surface area contributed by atoms with Crippen molar-refractivity contribution in [2.75, 3.05) is 0 Å². The Hall–Kier alpha value is -3.46. The maximum Gasteiger partial charge on any atom is 0.0972 e. The highest BCUT2D eigenvalue weighted by Crippen LogP contribution is 2.30. The van der Waals surface area contributed by atoms with E-state index in [2.05, 4.69) is 47.4 Å². The first-order valence-electron chi connectivity index (χ1n) is 8.28. The average molecular weight is 321 g/mol. The van der Waals surface area contributed by atoms with E-state index >= 15 is 0 Å². The molecule has 118 valence electrons.